The van der Waals surface area contributed by atoms with Crippen LogP contribution in [0.15, 0.2) is 12.1 Å². The Morgan fingerprint density at radius 3 is 1.94 bits per heavy atom. The SMILES string of the molecule is CCC1CCC(c2cc(C)c(C)c(C)c2)CC1. The second kappa shape index (κ2) is 5.25. The van der Waals surface area contributed by atoms with E-state index in [1.165, 1.54) is 48.8 Å². The fourth-order valence-corrected chi connectivity index (χ4v) is 3.21. The van der Waals surface area contributed by atoms with E-state index in [1.807, 2.05) is 0 Å². The molecule has 0 nitrogen and oxygen atoms in total. The van der Waals surface area contributed by atoms with Gasteiger partial charge in [-0.05, 0) is 80.5 Å². The van der Waals surface area contributed by atoms with Gasteiger partial charge in [-0.1, -0.05) is 25.5 Å². The summed E-state index contributed by atoms with van der Waals surface area (Å²) in [7, 11) is 0. The topological polar surface area (TPSA) is 0 Å². The molecule has 0 amide bonds. The van der Waals surface area contributed by atoms with Crippen LogP contribution in [0.3, 0.4) is 0 Å². The molecule has 1 aromatic carbocycles. The largest absolute Gasteiger partial charge is 0.0651 e. The molecule has 0 unspecified atom stereocenters. The Kier molecular flexibility index (Phi) is 3.91. The molecule has 1 aliphatic rings. The Hall–Kier alpha value is -0.780. The Balaban J connectivity index is 2.13. The van der Waals surface area contributed by atoms with Crippen molar-refractivity contribution < 1.29 is 0 Å². The second-order valence-corrected chi connectivity index (χ2v) is 5.91. The third kappa shape index (κ3) is 2.73. The van der Waals surface area contributed by atoms with Crippen molar-refractivity contribution in [1.29, 1.82) is 0 Å². The predicted molar refractivity (Wildman–Crippen MR) is 75.6 cm³/mol. The van der Waals surface area contributed by atoms with Crippen LogP contribution >= 0.6 is 0 Å². The first kappa shape index (κ1) is 12.7. The van der Waals surface area contributed by atoms with Crippen LogP contribution in [0.1, 0.15) is 67.2 Å². The molecule has 1 saturated carbocycles. The first-order valence-electron chi connectivity index (χ1n) is 7.19. The van der Waals surface area contributed by atoms with Gasteiger partial charge in [-0.2, -0.15) is 0 Å². The average Bonchev–Trinajstić information content (AvgIpc) is 2.35. The smallest absolute Gasteiger partial charge is 0.0162 e. The number of hydrogen-bond acceptors (Lipinski definition) is 0. The molecular weight excluding hydrogens is 204 g/mol. The minimum absolute atomic E-state index is 0.829. The van der Waals surface area contributed by atoms with E-state index < -0.39 is 0 Å². The van der Waals surface area contributed by atoms with Gasteiger partial charge in [0.05, 0.1) is 0 Å². The minimum Gasteiger partial charge on any atom is -0.0651 e. The van der Waals surface area contributed by atoms with Crippen molar-refractivity contribution in [2.45, 2.75) is 65.7 Å². The van der Waals surface area contributed by atoms with E-state index in [0.29, 0.717) is 0 Å². The molecule has 0 N–H and O–H groups in total. The summed E-state index contributed by atoms with van der Waals surface area (Å²) in [6, 6.07) is 4.86. The van der Waals surface area contributed by atoms with Gasteiger partial charge in [-0.3, -0.25) is 0 Å². The normalized spacial score (nSPS) is 24.9. The van der Waals surface area contributed by atoms with Gasteiger partial charge in [-0.25, -0.2) is 0 Å². The van der Waals surface area contributed by atoms with Gasteiger partial charge in [0.2, 0.25) is 0 Å². The fraction of sp³-hybridized carbons (Fsp3) is 0.647. The predicted octanol–water partition coefficient (Wildman–Crippen LogP) is 5.30. The van der Waals surface area contributed by atoms with Crippen LogP contribution in [0.25, 0.3) is 0 Å². The molecule has 94 valence electrons. The minimum atomic E-state index is 0.829. The molecule has 17 heavy (non-hydrogen) atoms. The van der Waals surface area contributed by atoms with E-state index in [-0.39, 0.29) is 0 Å². The first-order chi connectivity index (χ1) is 8.11. The molecular formula is C17H26. The summed E-state index contributed by atoms with van der Waals surface area (Å²) in [6.07, 6.45) is 7.06. The van der Waals surface area contributed by atoms with Gasteiger partial charge in [-0.15, -0.1) is 0 Å². The van der Waals surface area contributed by atoms with E-state index >= 15 is 0 Å². The molecule has 2 rings (SSSR count). The van der Waals surface area contributed by atoms with Gasteiger partial charge >= 0.3 is 0 Å². The van der Waals surface area contributed by atoms with Gasteiger partial charge in [0.25, 0.3) is 0 Å². The van der Waals surface area contributed by atoms with Crippen LogP contribution in [0, 0.1) is 26.7 Å². The van der Waals surface area contributed by atoms with Crippen molar-refractivity contribution in [2.75, 3.05) is 0 Å². The standard InChI is InChI=1S/C17H26/c1-5-15-6-8-16(9-7-15)17-10-12(2)14(4)13(3)11-17/h10-11,15-16H,5-9H2,1-4H3. The third-order valence-electron chi connectivity index (χ3n) is 4.84. The molecule has 0 spiro atoms. The van der Waals surface area contributed by atoms with Gasteiger partial charge in [0.15, 0.2) is 0 Å². The maximum Gasteiger partial charge on any atom is -0.0162 e. The van der Waals surface area contributed by atoms with Gasteiger partial charge in [0.1, 0.15) is 0 Å². The molecule has 1 aromatic rings. The van der Waals surface area contributed by atoms with Gasteiger partial charge < -0.3 is 0 Å². The zero-order chi connectivity index (χ0) is 12.4. The Morgan fingerprint density at radius 1 is 0.941 bits per heavy atom. The molecule has 0 saturated heterocycles. The number of rotatable bonds is 2. The average molecular weight is 230 g/mol. The second-order valence-electron chi connectivity index (χ2n) is 5.91. The zero-order valence-electron chi connectivity index (χ0n) is 11.8. The molecule has 0 aromatic heterocycles. The fourth-order valence-electron chi connectivity index (χ4n) is 3.21. The van der Waals surface area contributed by atoms with Gasteiger partial charge in [0, 0.05) is 0 Å². The third-order valence-corrected chi connectivity index (χ3v) is 4.84. The van der Waals surface area contributed by atoms with E-state index in [0.717, 1.165) is 11.8 Å². The van der Waals surface area contributed by atoms with Crippen LogP contribution in [0.4, 0.5) is 0 Å². The maximum atomic E-state index is 2.43. The quantitative estimate of drug-likeness (QED) is 0.647. The van der Waals surface area contributed by atoms with Crippen molar-refractivity contribution in [3.63, 3.8) is 0 Å². The van der Waals surface area contributed by atoms with Crippen molar-refractivity contribution in [1.82, 2.24) is 0 Å². The van der Waals surface area contributed by atoms with E-state index in [2.05, 4.69) is 39.8 Å². The summed E-state index contributed by atoms with van der Waals surface area (Å²) in [4.78, 5) is 0. The van der Waals surface area contributed by atoms with Crippen molar-refractivity contribution in [3.8, 4) is 0 Å². The molecule has 1 aliphatic carbocycles. The van der Waals surface area contributed by atoms with E-state index in [4.69, 9.17) is 0 Å². The van der Waals surface area contributed by atoms with Crippen molar-refractivity contribution in [2.24, 2.45) is 5.92 Å². The lowest BCUT2D eigenvalue weighted by molar-refractivity contribution is 0.318. The van der Waals surface area contributed by atoms with E-state index in [1.54, 1.807) is 5.56 Å². The summed E-state index contributed by atoms with van der Waals surface area (Å²) in [5.74, 6) is 1.83. The molecule has 0 aliphatic heterocycles. The van der Waals surface area contributed by atoms with Crippen LogP contribution < -0.4 is 0 Å². The molecule has 0 heteroatoms. The summed E-state index contributed by atoms with van der Waals surface area (Å²) >= 11 is 0. The summed E-state index contributed by atoms with van der Waals surface area (Å²) in [6.45, 7) is 9.08. The lowest BCUT2D eigenvalue weighted by atomic mass is 9.77. The monoisotopic (exact) mass is 230 g/mol. The number of benzene rings is 1. The highest BCUT2D eigenvalue weighted by Crippen LogP contribution is 2.37. The highest BCUT2D eigenvalue weighted by atomic mass is 14.3. The summed E-state index contributed by atoms with van der Waals surface area (Å²) in [5.41, 5.74) is 6.01. The molecule has 0 radical (unpaired) electrons. The van der Waals surface area contributed by atoms with Crippen molar-refractivity contribution >= 4 is 0 Å². The Bertz CT molecular complexity index is 358. The summed E-state index contributed by atoms with van der Waals surface area (Å²) < 4.78 is 0. The number of aryl methyl sites for hydroxylation is 2. The van der Waals surface area contributed by atoms with Crippen LogP contribution in [0.2, 0.25) is 0 Å². The Labute approximate surface area is 106 Å². The Morgan fingerprint density at radius 2 is 1.47 bits per heavy atom. The molecule has 1 fully saturated rings. The molecule has 0 atom stereocenters. The molecule has 0 heterocycles. The number of hydrogen-bond donors (Lipinski definition) is 0. The molecule has 0 bridgehead atoms. The summed E-state index contributed by atoms with van der Waals surface area (Å²) in [5, 5.41) is 0. The van der Waals surface area contributed by atoms with Crippen LogP contribution in [0.5, 0.6) is 0 Å². The highest BCUT2D eigenvalue weighted by Gasteiger charge is 2.21. The van der Waals surface area contributed by atoms with Crippen LogP contribution in [-0.2, 0) is 0 Å². The lowest BCUT2D eigenvalue weighted by Crippen LogP contribution is -2.13. The highest BCUT2D eigenvalue weighted by molar-refractivity contribution is 5.38. The first-order valence-corrected chi connectivity index (χ1v) is 7.19. The maximum absolute atomic E-state index is 2.43. The van der Waals surface area contributed by atoms with Crippen LogP contribution in [-0.4, -0.2) is 0 Å². The lowest BCUT2D eigenvalue weighted by Gasteiger charge is -2.28. The zero-order valence-corrected chi connectivity index (χ0v) is 11.8. The van der Waals surface area contributed by atoms with E-state index in [9.17, 15) is 0 Å². The van der Waals surface area contributed by atoms with Crippen molar-refractivity contribution in [3.05, 3.63) is 34.4 Å².